The summed E-state index contributed by atoms with van der Waals surface area (Å²) in [5.41, 5.74) is 3.00. The molecule has 2 aromatic rings. The number of ketones is 1. The maximum absolute atomic E-state index is 13.3. The van der Waals surface area contributed by atoms with Crippen molar-refractivity contribution in [3.05, 3.63) is 57.9 Å². The van der Waals surface area contributed by atoms with E-state index in [9.17, 15) is 19.5 Å². The summed E-state index contributed by atoms with van der Waals surface area (Å²) >= 11 is 0. The van der Waals surface area contributed by atoms with Crippen molar-refractivity contribution in [2.45, 2.75) is 59.5 Å². The van der Waals surface area contributed by atoms with E-state index in [1.54, 1.807) is 11.0 Å². The molecule has 9 heteroatoms. The van der Waals surface area contributed by atoms with Crippen molar-refractivity contribution >= 4 is 23.5 Å². The Kier molecular flexibility index (Phi) is 7.28. The van der Waals surface area contributed by atoms with Crippen LogP contribution in [0.4, 0.5) is 0 Å². The second-order valence-electron chi connectivity index (χ2n) is 9.84. The maximum atomic E-state index is 13.3. The van der Waals surface area contributed by atoms with Gasteiger partial charge in [0.25, 0.3) is 0 Å². The van der Waals surface area contributed by atoms with Crippen LogP contribution in [0.15, 0.2) is 24.3 Å². The average molecular weight is 481 g/mol. The number of carboxylic acids is 1. The highest BCUT2D eigenvalue weighted by atomic mass is 16.4. The zero-order valence-electron chi connectivity index (χ0n) is 20.8. The van der Waals surface area contributed by atoms with Crippen molar-refractivity contribution in [3.63, 3.8) is 0 Å². The van der Waals surface area contributed by atoms with Crippen molar-refractivity contribution in [2.24, 2.45) is 0 Å². The molecule has 0 aliphatic carbocycles. The van der Waals surface area contributed by atoms with E-state index in [1.807, 2.05) is 39.8 Å². The van der Waals surface area contributed by atoms with Gasteiger partial charge in [-0.1, -0.05) is 33.8 Å². The lowest BCUT2D eigenvalue weighted by atomic mass is 9.83. The molecule has 3 rings (SSSR count). The van der Waals surface area contributed by atoms with Gasteiger partial charge < -0.3 is 20.0 Å². The van der Waals surface area contributed by atoms with Crippen LogP contribution in [0.5, 0.6) is 5.75 Å². The number of hydrogen-bond donors (Lipinski definition) is 3. The number of phenols is 1. The van der Waals surface area contributed by atoms with Crippen LogP contribution in [-0.2, 0) is 34.5 Å². The van der Waals surface area contributed by atoms with Gasteiger partial charge in [-0.15, -0.1) is 0 Å². The molecule has 0 spiro atoms. The molecule has 1 aliphatic rings. The van der Waals surface area contributed by atoms with Crippen molar-refractivity contribution in [1.29, 1.82) is 5.41 Å². The first-order chi connectivity index (χ1) is 16.3. The minimum Gasteiger partial charge on any atom is -0.507 e. The lowest BCUT2D eigenvalue weighted by Crippen LogP contribution is -2.34. The zero-order chi connectivity index (χ0) is 26.1. The Morgan fingerprint density at radius 2 is 1.89 bits per heavy atom. The molecule has 1 aromatic carbocycles. The van der Waals surface area contributed by atoms with Crippen LogP contribution in [0.25, 0.3) is 0 Å². The number of carboxylic acid groups (broad SMARTS) is 1. The number of amides is 1. The molecule has 0 unspecified atom stereocenters. The molecule has 1 amide bonds. The van der Waals surface area contributed by atoms with Crippen molar-refractivity contribution in [1.82, 2.24) is 14.8 Å². The molecule has 186 valence electrons. The summed E-state index contributed by atoms with van der Waals surface area (Å²) in [6.07, 6.45) is 0.754. The van der Waals surface area contributed by atoms with E-state index >= 15 is 0 Å². The van der Waals surface area contributed by atoms with Crippen molar-refractivity contribution < 1.29 is 24.6 Å². The summed E-state index contributed by atoms with van der Waals surface area (Å²) in [5, 5.41) is 28.6. The molecule has 35 heavy (non-hydrogen) atoms. The molecular formula is C26H32N4O5. The summed E-state index contributed by atoms with van der Waals surface area (Å²) in [5.74, 6) is -1.75. The smallest absolute Gasteiger partial charge is 0.323 e. The van der Waals surface area contributed by atoms with E-state index in [0.29, 0.717) is 28.9 Å². The first-order valence-electron chi connectivity index (χ1n) is 11.5. The molecule has 0 bridgehead atoms. The number of carbonyl (C=O) groups is 3. The maximum Gasteiger partial charge on any atom is 0.323 e. The van der Waals surface area contributed by atoms with Gasteiger partial charge >= 0.3 is 5.97 Å². The predicted octanol–water partition coefficient (Wildman–Crippen LogP) is 3.10. The Hall–Kier alpha value is -3.75. The number of aryl methyl sites for hydroxylation is 1. The van der Waals surface area contributed by atoms with E-state index in [0.717, 1.165) is 22.6 Å². The minimum atomic E-state index is -1.17. The number of hydrogen-bond acceptors (Lipinski definition) is 6. The highest BCUT2D eigenvalue weighted by Gasteiger charge is 2.29. The Labute approximate surface area is 204 Å². The third-order valence-corrected chi connectivity index (χ3v) is 6.09. The number of Topliss-reactive ketones (excluding diaryl/α,β-unsaturated/α-hetero) is 1. The van der Waals surface area contributed by atoms with Gasteiger partial charge in [-0.05, 0) is 30.0 Å². The minimum absolute atomic E-state index is 0.0456. The fraction of sp³-hybridized carbons (Fsp3) is 0.423. The molecule has 2 heterocycles. The second-order valence-corrected chi connectivity index (χ2v) is 9.84. The van der Waals surface area contributed by atoms with Crippen LogP contribution in [0.3, 0.4) is 0 Å². The molecule has 0 saturated heterocycles. The highest BCUT2D eigenvalue weighted by molar-refractivity contribution is 6.04. The molecule has 1 aromatic heterocycles. The normalized spacial score (nSPS) is 13.1. The third kappa shape index (κ3) is 5.67. The zero-order valence-corrected chi connectivity index (χ0v) is 20.8. The van der Waals surface area contributed by atoms with Crippen LogP contribution in [0.1, 0.15) is 73.1 Å². The first-order valence-corrected chi connectivity index (χ1v) is 11.5. The summed E-state index contributed by atoms with van der Waals surface area (Å²) < 4.78 is 0. The molecule has 3 N–H and O–H groups in total. The number of nitrogens with one attached hydrogen (secondary N) is 1. The highest BCUT2D eigenvalue weighted by Crippen LogP contribution is 2.35. The Morgan fingerprint density at radius 3 is 2.46 bits per heavy atom. The first kappa shape index (κ1) is 25.9. The SMILES string of the molecule is CCc1ccc2c(n1)C(=N)N(CC(=O)c1cc(CN(CC(=O)O)C(C)=O)c(O)c(C(C)(C)C)c1)C2. The number of nitrogens with zero attached hydrogens (tertiary/aromatic N) is 3. The van der Waals surface area contributed by atoms with E-state index < -0.39 is 23.8 Å². The van der Waals surface area contributed by atoms with Gasteiger partial charge in [0.1, 0.15) is 23.8 Å². The Morgan fingerprint density at radius 1 is 1.20 bits per heavy atom. The van der Waals surface area contributed by atoms with Gasteiger partial charge in [-0.3, -0.25) is 19.8 Å². The van der Waals surface area contributed by atoms with Crippen molar-refractivity contribution in [2.75, 3.05) is 13.1 Å². The van der Waals surface area contributed by atoms with Gasteiger partial charge in [0.2, 0.25) is 5.91 Å². The van der Waals surface area contributed by atoms with Crippen LogP contribution >= 0.6 is 0 Å². The number of aliphatic carboxylic acids is 1. The summed E-state index contributed by atoms with van der Waals surface area (Å²) in [6, 6.07) is 7.01. The summed E-state index contributed by atoms with van der Waals surface area (Å²) in [6.45, 7) is 8.63. The fourth-order valence-electron chi connectivity index (χ4n) is 4.09. The van der Waals surface area contributed by atoms with Crippen LogP contribution in [0, 0.1) is 5.41 Å². The molecule has 1 aliphatic heterocycles. The standard InChI is InChI=1S/C26H32N4O5/c1-6-19-8-7-16-11-30(25(27)23(16)28-19)13-21(32)17-9-18(12-29(15(2)31)14-22(33)34)24(35)20(10-17)26(3,4)5/h7-10,27,35H,6,11-14H2,1-5H3,(H,33,34). The van der Waals surface area contributed by atoms with Crippen LogP contribution in [0.2, 0.25) is 0 Å². The molecule has 0 fully saturated rings. The summed E-state index contributed by atoms with van der Waals surface area (Å²) in [4.78, 5) is 43.8. The van der Waals surface area contributed by atoms with Crippen LogP contribution < -0.4 is 0 Å². The number of amidine groups is 1. The number of aromatic nitrogens is 1. The number of fused-ring (bicyclic) bond motifs is 1. The van der Waals surface area contributed by atoms with Crippen molar-refractivity contribution in [3.8, 4) is 5.75 Å². The Bertz CT molecular complexity index is 1200. The third-order valence-electron chi connectivity index (χ3n) is 6.09. The van der Waals surface area contributed by atoms with Crippen LogP contribution in [-0.4, -0.2) is 61.6 Å². The van der Waals surface area contributed by atoms with Gasteiger partial charge in [0.05, 0.1) is 6.54 Å². The molecule has 0 radical (unpaired) electrons. The monoisotopic (exact) mass is 480 g/mol. The van der Waals surface area contributed by atoms with E-state index in [-0.39, 0.29) is 30.5 Å². The Balaban J connectivity index is 1.93. The number of phenolic OH excluding ortho intramolecular Hbond substituents is 1. The lowest BCUT2D eigenvalue weighted by molar-refractivity contribution is -0.144. The number of benzene rings is 1. The van der Waals surface area contributed by atoms with E-state index in [4.69, 9.17) is 10.5 Å². The molecule has 0 atom stereocenters. The largest absolute Gasteiger partial charge is 0.507 e. The molecule has 0 saturated carbocycles. The van der Waals surface area contributed by atoms with Gasteiger partial charge in [0.15, 0.2) is 5.78 Å². The van der Waals surface area contributed by atoms with Gasteiger partial charge in [-0.25, -0.2) is 4.98 Å². The molecule has 9 nitrogen and oxygen atoms in total. The molecular weight excluding hydrogens is 448 g/mol. The number of carbonyl (C=O) groups excluding carboxylic acids is 2. The summed E-state index contributed by atoms with van der Waals surface area (Å²) in [7, 11) is 0. The number of rotatable bonds is 8. The van der Waals surface area contributed by atoms with E-state index in [1.165, 1.54) is 13.0 Å². The quantitative estimate of drug-likeness (QED) is 0.494. The second kappa shape index (κ2) is 9.85. The van der Waals surface area contributed by atoms with E-state index in [2.05, 4.69) is 4.98 Å². The number of aromatic hydroxyl groups is 1. The lowest BCUT2D eigenvalue weighted by Gasteiger charge is -2.26. The fourth-order valence-corrected chi connectivity index (χ4v) is 4.09. The van der Waals surface area contributed by atoms with Gasteiger partial charge in [0, 0.05) is 48.0 Å². The average Bonchev–Trinajstić information content (AvgIpc) is 3.07. The number of pyridine rings is 1. The van der Waals surface area contributed by atoms with Gasteiger partial charge in [-0.2, -0.15) is 0 Å². The predicted molar refractivity (Wildman–Crippen MR) is 131 cm³/mol. The topological polar surface area (TPSA) is 135 Å².